The number of carbonyl (C=O) groups excluding carboxylic acids is 1. The first-order valence-electron chi connectivity index (χ1n) is 7.11. The van der Waals surface area contributed by atoms with E-state index in [4.69, 9.17) is 17.3 Å². The number of sulfonamides is 1. The number of nitrogens with two attached hydrogens (primary N) is 1. The van der Waals surface area contributed by atoms with Crippen molar-refractivity contribution in [3.8, 4) is 0 Å². The molecule has 2 rings (SSSR count). The van der Waals surface area contributed by atoms with Gasteiger partial charge in [-0.1, -0.05) is 11.6 Å². The average molecular weight is 382 g/mol. The molecule has 1 aromatic carbocycles. The molecule has 1 saturated carbocycles. The highest BCUT2D eigenvalue weighted by Gasteiger charge is 2.29. The predicted octanol–water partition coefficient (Wildman–Crippen LogP) is 1.28. The van der Waals surface area contributed by atoms with Gasteiger partial charge < -0.3 is 11.1 Å². The fourth-order valence-electron chi connectivity index (χ4n) is 2.03. The molecule has 2 unspecified atom stereocenters. The van der Waals surface area contributed by atoms with Crippen LogP contribution in [0.1, 0.15) is 19.8 Å². The Bertz CT molecular complexity index is 633. The fourth-order valence-corrected chi connectivity index (χ4v) is 3.36. The lowest BCUT2D eigenvalue weighted by Gasteiger charge is -2.16. The molecular weight excluding hydrogens is 361 g/mol. The number of hydrogen-bond acceptors (Lipinski definition) is 4. The van der Waals surface area contributed by atoms with Gasteiger partial charge in [-0.15, -0.1) is 12.4 Å². The molecule has 1 aliphatic rings. The second-order valence-corrected chi connectivity index (χ2v) is 7.69. The zero-order valence-corrected chi connectivity index (χ0v) is 15.0. The maximum Gasteiger partial charge on any atom is 0.241 e. The van der Waals surface area contributed by atoms with Gasteiger partial charge in [0.2, 0.25) is 15.9 Å². The second-order valence-electron chi connectivity index (χ2n) is 5.54. The van der Waals surface area contributed by atoms with Gasteiger partial charge >= 0.3 is 0 Å². The molecule has 0 radical (unpaired) electrons. The summed E-state index contributed by atoms with van der Waals surface area (Å²) in [5.41, 5.74) is 5.89. The molecule has 0 spiro atoms. The Balaban J connectivity index is 0.00000264. The van der Waals surface area contributed by atoms with Gasteiger partial charge in [0, 0.05) is 17.6 Å². The molecule has 0 aliphatic heterocycles. The largest absolute Gasteiger partial charge is 0.353 e. The van der Waals surface area contributed by atoms with Crippen molar-refractivity contribution in [1.82, 2.24) is 10.0 Å². The Morgan fingerprint density at radius 3 is 2.43 bits per heavy atom. The van der Waals surface area contributed by atoms with Gasteiger partial charge in [0.25, 0.3) is 0 Å². The van der Waals surface area contributed by atoms with Crippen LogP contribution in [0.25, 0.3) is 0 Å². The number of amides is 1. The summed E-state index contributed by atoms with van der Waals surface area (Å²) in [6.45, 7) is 1.85. The first kappa shape index (κ1) is 20.2. The summed E-state index contributed by atoms with van der Waals surface area (Å²) in [6, 6.07) is 4.79. The van der Waals surface area contributed by atoms with Crippen LogP contribution in [-0.2, 0) is 14.8 Å². The summed E-state index contributed by atoms with van der Waals surface area (Å²) < 4.78 is 26.6. The van der Waals surface area contributed by atoms with E-state index in [1.165, 1.54) is 31.2 Å². The Kier molecular flexibility index (Phi) is 7.29. The summed E-state index contributed by atoms with van der Waals surface area (Å²) in [5, 5.41) is 3.12. The summed E-state index contributed by atoms with van der Waals surface area (Å²) in [4.78, 5) is 12.0. The van der Waals surface area contributed by atoms with E-state index >= 15 is 0 Å². The molecule has 0 aromatic heterocycles. The van der Waals surface area contributed by atoms with E-state index in [1.807, 2.05) is 0 Å². The smallest absolute Gasteiger partial charge is 0.241 e. The van der Waals surface area contributed by atoms with E-state index < -0.39 is 22.0 Å². The highest BCUT2D eigenvalue weighted by Crippen LogP contribution is 2.31. The summed E-state index contributed by atoms with van der Waals surface area (Å²) in [6.07, 6.45) is 2.19. The molecule has 0 bridgehead atoms. The van der Waals surface area contributed by atoms with Crippen LogP contribution in [0.4, 0.5) is 0 Å². The standard InChI is InChI=1S/C14H20ClN3O3S.ClH/c1-9(14(19)17-8-13(16)10-2-3-10)18-22(20,21)12-6-4-11(15)5-7-12;/h4-7,9-10,13,18H,2-3,8,16H2,1H3,(H,17,19);1H. The molecule has 23 heavy (non-hydrogen) atoms. The van der Waals surface area contributed by atoms with E-state index in [0.717, 1.165) is 12.8 Å². The van der Waals surface area contributed by atoms with Crippen LogP contribution in [0.3, 0.4) is 0 Å². The number of benzene rings is 1. The zero-order chi connectivity index (χ0) is 16.3. The van der Waals surface area contributed by atoms with Gasteiger partial charge in [-0.3, -0.25) is 4.79 Å². The Morgan fingerprint density at radius 1 is 1.35 bits per heavy atom. The second kappa shape index (κ2) is 8.30. The van der Waals surface area contributed by atoms with Crippen LogP contribution in [0.5, 0.6) is 0 Å². The van der Waals surface area contributed by atoms with Crippen LogP contribution in [0.2, 0.25) is 5.02 Å². The molecule has 9 heteroatoms. The maximum absolute atomic E-state index is 12.2. The fraction of sp³-hybridized carbons (Fsp3) is 0.500. The number of carbonyl (C=O) groups is 1. The number of nitrogens with one attached hydrogen (secondary N) is 2. The van der Waals surface area contributed by atoms with Crippen molar-refractivity contribution in [2.75, 3.05) is 6.54 Å². The van der Waals surface area contributed by atoms with Crippen LogP contribution >= 0.6 is 24.0 Å². The SMILES string of the molecule is CC(NS(=O)(=O)c1ccc(Cl)cc1)C(=O)NCC(N)C1CC1.Cl. The first-order valence-corrected chi connectivity index (χ1v) is 8.97. The summed E-state index contributed by atoms with van der Waals surface area (Å²) in [5.74, 6) is 0.0787. The average Bonchev–Trinajstić information content (AvgIpc) is 3.28. The third-order valence-corrected chi connectivity index (χ3v) is 5.40. The van der Waals surface area contributed by atoms with Crippen molar-refractivity contribution in [3.63, 3.8) is 0 Å². The molecule has 1 amide bonds. The van der Waals surface area contributed by atoms with E-state index in [-0.39, 0.29) is 23.3 Å². The summed E-state index contributed by atoms with van der Waals surface area (Å²) in [7, 11) is -3.76. The highest BCUT2D eigenvalue weighted by molar-refractivity contribution is 7.89. The minimum absolute atomic E-state index is 0. The molecule has 130 valence electrons. The van der Waals surface area contributed by atoms with E-state index in [2.05, 4.69) is 10.0 Å². The molecule has 4 N–H and O–H groups in total. The normalized spacial score (nSPS) is 17.0. The van der Waals surface area contributed by atoms with Gasteiger partial charge in [0.1, 0.15) is 0 Å². The van der Waals surface area contributed by atoms with Crippen molar-refractivity contribution in [3.05, 3.63) is 29.3 Å². The zero-order valence-electron chi connectivity index (χ0n) is 12.7. The number of halogens is 2. The molecule has 0 heterocycles. The Hall–Kier alpha value is -0.860. The lowest BCUT2D eigenvalue weighted by molar-refractivity contribution is -0.122. The predicted molar refractivity (Wildman–Crippen MR) is 92.2 cm³/mol. The Morgan fingerprint density at radius 2 is 1.91 bits per heavy atom. The van der Waals surface area contributed by atoms with Crippen LogP contribution in [-0.4, -0.2) is 33.0 Å². The van der Waals surface area contributed by atoms with Gasteiger partial charge in [-0.25, -0.2) is 8.42 Å². The third kappa shape index (κ3) is 5.93. The first-order chi connectivity index (χ1) is 10.3. The van der Waals surface area contributed by atoms with E-state index in [9.17, 15) is 13.2 Å². The highest BCUT2D eigenvalue weighted by atomic mass is 35.5. The monoisotopic (exact) mass is 381 g/mol. The van der Waals surface area contributed by atoms with Crippen molar-refractivity contribution < 1.29 is 13.2 Å². The third-order valence-electron chi connectivity index (χ3n) is 3.59. The molecule has 1 aliphatic carbocycles. The number of hydrogen-bond donors (Lipinski definition) is 3. The molecule has 0 saturated heterocycles. The van der Waals surface area contributed by atoms with E-state index in [1.54, 1.807) is 0 Å². The lowest BCUT2D eigenvalue weighted by Crippen LogP contribution is -2.48. The number of rotatable bonds is 7. The topological polar surface area (TPSA) is 101 Å². The maximum atomic E-state index is 12.2. The van der Waals surface area contributed by atoms with Gasteiger partial charge in [-0.05, 0) is 49.9 Å². The molecule has 6 nitrogen and oxygen atoms in total. The minimum Gasteiger partial charge on any atom is -0.353 e. The molecule has 2 atom stereocenters. The molecule has 1 fully saturated rings. The molecular formula is C14H21Cl2N3O3S. The van der Waals surface area contributed by atoms with Crippen LogP contribution in [0.15, 0.2) is 29.2 Å². The van der Waals surface area contributed by atoms with Crippen molar-refractivity contribution in [2.45, 2.75) is 36.7 Å². The lowest BCUT2D eigenvalue weighted by atomic mass is 10.2. The van der Waals surface area contributed by atoms with E-state index in [0.29, 0.717) is 17.5 Å². The minimum atomic E-state index is -3.76. The van der Waals surface area contributed by atoms with Gasteiger partial charge in [0.15, 0.2) is 0 Å². The van der Waals surface area contributed by atoms with Crippen molar-refractivity contribution in [1.29, 1.82) is 0 Å². The Labute approximate surface area is 147 Å². The van der Waals surface area contributed by atoms with Crippen LogP contribution < -0.4 is 15.8 Å². The van der Waals surface area contributed by atoms with Crippen molar-refractivity contribution in [2.24, 2.45) is 11.7 Å². The quantitative estimate of drug-likeness (QED) is 0.661. The van der Waals surface area contributed by atoms with Gasteiger partial charge in [-0.2, -0.15) is 4.72 Å². The van der Waals surface area contributed by atoms with Crippen molar-refractivity contribution >= 4 is 39.9 Å². The molecule has 1 aromatic rings. The van der Waals surface area contributed by atoms with Gasteiger partial charge in [0.05, 0.1) is 10.9 Å². The summed E-state index contributed by atoms with van der Waals surface area (Å²) >= 11 is 5.73. The van der Waals surface area contributed by atoms with Crippen LogP contribution in [0, 0.1) is 5.92 Å².